The Balaban J connectivity index is 1.89. The van der Waals surface area contributed by atoms with E-state index < -0.39 is 0 Å². The van der Waals surface area contributed by atoms with E-state index in [1.807, 2.05) is 11.0 Å². The van der Waals surface area contributed by atoms with Crippen molar-refractivity contribution in [2.75, 3.05) is 13.1 Å². The van der Waals surface area contributed by atoms with Gasteiger partial charge in [-0.3, -0.25) is 25.3 Å². The molecule has 1 fully saturated rings. The Morgan fingerprint density at radius 3 is 2.71 bits per heavy atom. The molecule has 0 saturated carbocycles. The van der Waals surface area contributed by atoms with Gasteiger partial charge in [-0.1, -0.05) is 30.5 Å². The van der Waals surface area contributed by atoms with Gasteiger partial charge in [0.05, 0.1) is 12.6 Å². The molecular weight excluding hydrogens is 266 g/mol. The zero-order chi connectivity index (χ0) is 15.1. The SMILES string of the molecule is C#CCN1CCCCC1C(=O)NNC(=O)c1ccccc1. The van der Waals surface area contributed by atoms with E-state index >= 15 is 0 Å². The second-order valence-corrected chi connectivity index (χ2v) is 5.00. The third-order valence-electron chi connectivity index (χ3n) is 3.55. The van der Waals surface area contributed by atoms with Crippen molar-refractivity contribution in [2.24, 2.45) is 0 Å². The van der Waals surface area contributed by atoms with E-state index in [1.54, 1.807) is 24.3 Å². The fraction of sp³-hybridized carbons (Fsp3) is 0.375. The lowest BCUT2D eigenvalue weighted by Crippen LogP contribution is -2.54. The fourth-order valence-corrected chi connectivity index (χ4v) is 2.46. The summed E-state index contributed by atoms with van der Waals surface area (Å²) < 4.78 is 0. The third-order valence-corrected chi connectivity index (χ3v) is 3.55. The van der Waals surface area contributed by atoms with Gasteiger partial charge < -0.3 is 0 Å². The van der Waals surface area contributed by atoms with Gasteiger partial charge in [0.2, 0.25) is 0 Å². The van der Waals surface area contributed by atoms with Crippen molar-refractivity contribution in [3.05, 3.63) is 35.9 Å². The van der Waals surface area contributed by atoms with E-state index in [2.05, 4.69) is 16.8 Å². The van der Waals surface area contributed by atoms with Crippen LogP contribution in [0, 0.1) is 12.3 Å². The minimum absolute atomic E-state index is 0.214. The van der Waals surface area contributed by atoms with Crippen LogP contribution in [-0.4, -0.2) is 35.8 Å². The highest BCUT2D eigenvalue weighted by Crippen LogP contribution is 2.16. The molecule has 1 aliphatic rings. The van der Waals surface area contributed by atoms with Crippen molar-refractivity contribution in [3.8, 4) is 12.3 Å². The molecule has 0 spiro atoms. The summed E-state index contributed by atoms with van der Waals surface area (Å²) in [6.07, 6.45) is 8.12. The molecule has 0 aliphatic carbocycles. The Kier molecular flexibility index (Phi) is 5.35. The number of nitrogens with one attached hydrogen (secondary N) is 2. The lowest BCUT2D eigenvalue weighted by Gasteiger charge is -2.33. The monoisotopic (exact) mass is 285 g/mol. The largest absolute Gasteiger partial charge is 0.281 e. The van der Waals surface area contributed by atoms with Gasteiger partial charge in [-0.25, -0.2) is 0 Å². The van der Waals surface area contributed by atoms with E-state index in [0.717, 1.165) is 25.8 Å². The number of terminal acetylenes is 1. The van der Waals surface area contributed by atoms with Crippen LogP contribution in [0.3, 0.4) is 0 Å². The van der Waals surface area contributed by atoms with Crippen molar-refractivity contribution in [2.45, 2.75) is 25.3 Å². The summed E-state index contributed by atoms with van der Waals surface area (Å²) in [5, 5.41) is 0. The number of hydrogen-bond donors (Lipinski definition) is 2. The summed E-state index contributed by atoms with van der Waals surface area (Å²) >= 11 is 0. The number of benzene rings is 1. The van der Waals surface area contributed by atoms with E-state index in [9.17, 15) is 9.59 Å². The first-order valence-corrected chi connectivity index (χ1v) is 7.05. The maximum absolute atomic E-state index is 12.2. The zero-order valence-corrected chi connectivity index (χ0v) is 11.8. The maximum atomic E-state index is 12.2. The van der Waals surface area contributed by atoms with Crippen LogP contribution in [0.25, 0.3) is 0 Å². The minimum Gasteiger partial charge on any atom is -0.281 e. The Morgan fingerprint density at radius 1 is 1.24 bits per heavy atom. The molecule has 2 rings (SSSR count). The molecule has 1 heterocycles. The first-order chi connectivity index (χ1) is 10.2. The number of amides is 2. The van der Waals surface area contributed by atoms with Crippen molar-refractivity contribution in [3.63, 3.8) is 0 Å². The van der Waals surface area contributed by atoms with Crippen molar-refractivity contribution < 1.29 is 9.59 Å². The van der Waals surface area contributed by atoms with Crippen LogP contribution in [0.5, 0.6) is 0 Å². The third kappa shape index (κ3) is 4.07. The molecule has 5 nitrogen and oxygen atoms in total. The van der Waals surface area contributed by atoms with Crippen LogP contribution >= 0.6 is 0 Å². The van der Waals surface area contributed by atoms with Crippen molar-refractivity contribution >= 4 is 11.8 Å². The zero-order valence-electron chi connectivity index (χ0n) is 11.8. The molecule has 1 aliphatic heterocycles. The number of piperidine rings is 1. The average Bonchev–Trinajstić information content (AvgIpc) is 2.54. The molecule has 1 saturated heterocycles. The van der Waals surface area contributed by atoms with Crippen LogP contribution in [0.2, 0.25) is 0 Å². The Hall–Kier alpha value is -2.32. The van der Waals surface area contributed by atoms with Crippen molar-refractivity contribution in [1.29, 1.82) is 0 Å². The minimum atomic E-state index is -0.330. The molecule has 1 unspecified atom stereocenters. The van der Waals surface area contributed by atoms with Gasteiger partial charge >= 0.3 is 0 Å². The number of rotatable bonds is 3. The number of hydrogen-bond acceptors (Lipinski definition) is 3. The van der Waals surface area contributed by atoms with Crippen LogP contribution < -0.4 is 10.9 Å². The molecule has 0 aromatic heterocycles. The molecule has 5 heteroatoms. The van der Waals surface area contributed by atoms with E-state index in [1.165, 1.54) is 0 Å². The van der Waals surface area contributed by atoms with Crippen LogP contribution in [0.1, 0.15) is 29.6 Å². The highest BCUT2D eigenvalue weighted by Gasteiger charge is 2.28. The van der Waals surface area contributed by atoms with Crippen LogP contribution in [0.4, 0.5) is 0 Å². The summed E-state index contributed by atoms with van der Waals surface area (Å²) in [4.78, 5) is 26.0. The van der Waals surface area contributed by atoms with Gasteiger partial charge in [0.15, 0.2) is 0 Å². The molecule has 0 radical (unpaired) electrons. The molecule has 1 aromatic rings. The second kappa shape index (κ2) is 7.46. The first-order valence-electron chi connectivity index (χ1n) is 7.05. The Morgan fingerprint density at radius 2 is 2.00 bits per heavy atom. The fourth-order valence-electron chi connectivity index (χ4n) is 2.46. The van der Waals surface area contributed by atoms with Gasteiger partial charge in [-0.15, -0.1) is 6.42 Å². The first kappa shape index (κ1) is 15.1. The molecular formula is C16H19N3O2. The quantitative estimate of drug-likeness (QED) is 0.642. The predicted octanol–water partition coefficient (Wildman–Crippen LogP) is 0.935. The maximum Gasteiger partial charge on any atom is 0.269 e. The lowest BCUT2D eigenvalue weighted by molar-refractivity contribution is -0.128. The van der Waals surface area contributed by atoms with Gasteiger partial charge in [-0.05, 0) is 31.5 Å². The smallest absolute Gasteiger partial charge is 0.269 e. The molecule has 0 bridgehead atoms. The van der Waals surface area contributed by atoms with E-state index in [4.69, 9.17) is 6.42 Å². The van der Waals surface area contributed by atoms with Gasteiger partial charge in [-0.2, -0.15) is 0 Å². The van der Waals surface area contributed by atoms with Gasteiger partial charge in [0.1, 0.15) is 0 Å². The summed E-state index contributed by atoms with van der Waals surface area (Å²) in [6, 6.07) is 8.47. The van der Waals surface area contributed by atoms with Crippen molar-refractivity contribution in [1.82, 2.24) is 15.8 Å². The number of hydrazine groups is 1. The topological polar surface area (TPSA) is 61.4 Å². The van der Waals surface area contributed by atoms with Crippen LogP contribution in [0.15, 0.2) is 30.3 Å². The molecule has 110 valence electrons. The average molecular weight is 285 g/mol. The normalized spacial score (nSPS) is 18.5. The standard InChI is InChI=1S/C16H19N3O2/c1-2-11-19-12-7-6-10-14(19)16(21)18-17-15(20)13-8-4-3-5-9-13/h1,3-5,8-9,14H,6-7,10-12H2,(H,17,20)(H,18,21). The molecule has 2 N–H and O–H groups in total. The molecule has 1 aromatic carbocycles. The Bertz CT molecular complexity index is 536. The summed E-state index contributed by atoms with van der Waals surface area (Å²) in [5.41, 5.74) is 5.43. The summed E-state index contributed by atoms with van der Waals surface area (Å²) in [7, 11) is 0. The Labute approximate surface area is 124 Å². The highest BCUT2D eigenvalue weighted by molar-refractivity contribution is 5.95. The number of likely N-dealkylation sites (tertiary alicyclic amines) is 1. The van der Waals surface area contributed by atoms with E-state index in [-0.39, 0.29) is 17.9 Å². The lowest BCUT2D eigenvalue weighted by atomic mass is 10.0. The predicted molar refractivity (Wildman–Crippen MR) is 80.1 cm³/mol. The second-order valence-electron chi connectivity index (χ2n) is 5.00. The number of carbonyl (C=O) groups excluding carboxylic acids is 2. The van der Waals surface area contributed by atoms with Crippen LogP contribution in [-0.2, 0) is 4.79 Å². The highest BCUT2D eigenvalue weighted by atomic mass is 16.2. The number of carbonyl (C=O) groups is 2. The number of nitrogens with zero attached hydrogens (tertiary/aromatic N) is 1. The molecule has 2 amide bonds. The molecule has 21 heavy (non-hydrogen) atoms. The van der Waals surface area contributed by atoms with Gasteiger partial charge in [0, 0.05) is 5.56 Å². The molecule has 1 atom stereocenters. The summed E-state index contributed by atoms with van der Waals surface area (Å²) in [6.45, 7) is 1.26. The summed E-state index contributed by atoms with van der Waals surface area (Å²) in [5.74, 6) is 2.03. The van der Waals surface area contributed by atoms with Gasteiger partial charge in [0.25, 0.3) is 11.8 Å². The van der Waals surface area contributed by atoms with E-state index in [0.29, 0.717) is 12.1 Å².